The van der Waals surface area contributed by atoms with E-state index < -0.39 is 5.97 Å². The molecule has 0 aliphatic carbocycles. The van der Waals surface area contributed by atoms with Crippen molar-refractivity contribution in [2.75, 3.05) is 6.61 Å². The molecule has 0 aliphatic rings. The molecule has 0 saturated heterocycles. The van der Waals surface area contributed by atoms with E-state index in [2.05, 4.69) is 0 Å². The normalized spacial score (nSPS) is 12.2. The Morgan fingerprint density at radius 2 is 0.870 bits per heavy atom. The van der Waals surface area contributed by atoms with E-state index in [1.54, 1.807) is 0 Å². The molecule has 4 N–H and O–H groups in total. The van der Waals surface area contributed by atoms with Crippen molar-refractivity contribution < 1.29 is 25.2 Å². The average molecular weight is 330 g/mol. The van der Waals surface area contributed by atoms with Gasteiger partial charge in [-0.25, -0.2) is 0 Å². The van der Waals surface area contributed by atoms with Crippen LogP contribution in [0.1, 0.15) is 89.9 Å². The lowest BCUT2D eigenvalue weighted by atomic mass is 10.1. The fourth-order valence-electron chi connectivity index (χ4n) is 2.50. The summed E-state index contributed by atoms with van der Waals surface area (Å²) in [6.07, 6.45) is 11.6. The number of aliphatic carboxylic acids is 1. The van der Waals surface area contributed by atoms with Gasteiger partial charge < -0.3 is 20.4 Å². The van der Waals surface area contributed by atoms with Gasteiger partial charge in [0.2, 0.25) is 0 Å². The maximum atomic E-state index is 10.3. The zero-order valence-corrected chi connectivity index (χ0v) is 14.3. The fraction of sp³-hybridized carbons (Fsp3) is 0.833. The van der Waals surface area contributed by atoms with Crippen molar-refractivity contribution in [3.05, 3.63) is 11.5 Å². The molecule has 0 bridgehead atoms. The van der Waals surface area contributed by atoms with Gasteiger partial charge in [-0.05, 0) is 25.7 Å². The lowest BCUT2D eigenvalue weighted by Crippen LogP contribution is -1.94. The molecule has 0 heterocycles. The van der Waals surface area contributed by atoms with Gasteiger partial charge in [0, 0.05) is 25.9 Å². The second kappa shape index (κ2) is 15.7. The molecule has 5 heteroatoms. The number of aliphatic hydroxyl groups is 3. The lowest BCUT2D eigenvalue weighted by Gasteiger charge is -2.06. The number of carboxylic acids is 1. The number of hydrogen-bond acceptors (Lipinski definition) is 4. The number of carbonyl (C=O) groups is 1. The third-order valence-electron chi connectivity index (χ3n) is 3.96. The maximum Gasteiger partial charge on any atom is 0.303 e. The van der Waals surface area contributed by atoms with Crippen LogP contribution in [0, 0.1) is 0 Å². The highest BCUT2D eigenvalue weighted by Gasteiger charge is 2.04. The maximum absolute atomic E-state index is 10.3. The van der Waals surface area contributed by atoms with E-state index in [-0.39, 0.29) is 24.5 Å². The Morgan fingerprint density at radius 3 is 1.26 bits per heavy atom. The Kier molecular flexibility index (Phi) is 14.8. The quantitative estimate of drug-likeness (QED) is 0.239. The monoisotopic (exact) mass is 330 g/mol. The summed E-state index contributed by atoms with van der Waals surface area (Å²) in [5, 5.41) is 36.8. The third-order valence-corrected chi connectivity index (χ3v) is 3.96. The van der Waals surface area contributed by atoms with Crippen LogP contribution in [0.25, 0.3) is 0 Å². The van der Waals surface area contributed by atoms with Crippen molar-refractivity contribution in [1.82, 2.24) is 0 Å². The van der Waals surface area contributed by atoms with Crippen molar-refractivity contribution in [3.8, 4) is 0 Å². The van der Waals surface area contributed by atoms with E-state index in [4.69, 9.17) is 10.2 Å². The van der Waals surface area contributed by atoms with E-state index in [9.17, 15) is 15.0 Å². The predicted molar refractivity (Wildman–Crippen MR) is 91.6 cm³/mol. The molecule has 23 heavy (non-hydrogen) atoms. The second-order valence-electron chi connectivity index (χ2n) is 6.15. The zero-order valence-electron chi connectivity index (χ0n) is 14.3. The standard InChI is InChI=1S/C18H34O5/c19-15-11-7-2-1-4-8-12-16(20)17(21)13-9-5-3-6-10-14-18(22)23/h19-21H,1-15H2,(H,22,23). The van der Waals surface area contributed by atoms with E-state index in [0.29, 0.717) is 19.3 Å². The summed E-state index contributed by atoms with van der Waals surface area (Å²) >= 11 is 0. The fourth-order valence-corrected chi connectivity index (χ4v) is 2.50. The minimum atomic E-state index is -0.746. The third kappa shape index (κ3) is 15.4. The Hall–Kier alpha value is -1.23. The van der Waals surface area contributed by atoms with E-state index in [0.717, 1.165) is 64.2 Å². The second-order valence-corrected chi connectivity index (χ2v) is 6.15. The van der Waals surface area contributed by atoms with E-state index in [1.165, 1.54) is 0 Å². The topological polar surface area (TPSA) is 98.0 Å². The van der Waals surface area contributed by atoms with Crippen molar-refractivity contribution in [1.29, 1.82) is 0 Å². The SMILES string of the molecule is O=C(O)CCCCCCCC(O)=C(O)CCCCCCCCO. The molecule has 0 saturated carbocycles. The van der Waals surface area contributed by atoms with Crippen LogP contribution in [0.3, 0.4) is 0 Å². The molecule has 0 amide bonds. The van der Waals surface area contributed by atoms with Crippen molar-refractivity contribution >= 4 is 5.97 Å². The Bertz CT molecular complexity index is 325. The van der Waals surface area contributed by atoms with Crippen LogP contribution in [0.15, 0.2) is 11.5 Å². The lowest BCUT2D eigenvalue weighted by molar-refractivity contribution is -0.137. The predicted octanol–water partition coefficient (Wildman–Crippen LogP) is 4.85. The number of unbranched alkanes of at least 4 members (excludes halogenated alkanes) is 9. The molecule has 0 atom stereocenters. The first-order valence-electron chi connectivity index (χ1n) is 9.00. The van der Waals surface area contributed by atoms with Crippen molar-refractivity contribution in [2.24, 2.45) is 0 Å². The van der Waals surface area contributed by atoms with Gasteiger partial charge in [0.15, 0.2) is 0 Å². The molecule has 0 aromatic carbocycles. The number of aliphatic hydroxyl groups excluding tert-OH is 3. The van der Waals surface area contributed by atoms with Crippen LogP contribution < -0.4 is 0 Å². The number of hydrogen-bond donors (Lipinski definition) is 4. The van der Waals surface area contributed by atoms with Gasteiger partial charge in [0.25, 0.3) is 0 Å². The summed E-state index contributed by atoms with van der Waals surface area (Å²) in [5.41, 5.74) is 0. The Morgan fingerprint density at radius 1 is 0.522 bits per heavy atom. The van der Waals surface area contributed by atoms with Crippen molar-refractivity contribution in [3.63, 3.8) is 0 Å². The minimum Gasteiger partial charge on any atom is -0.509 e. The molecule has 5 nitrogen and oxygen atoms in total. The van der Waals surface area contributed by atoms with Crippen molar-refractivity contribution in [2.45, 2.75) is 89.9 Å². The average Bonchev–Trinajstić information content (AvgIpc) is 2.52. The molecule has 0 unspecified atom stereocenters. The largest absolute Gasteiger partial charge is 0.509 e. The minimum absolute atomic E-state index is 0.107. The Labute approximate surface area is 140 Å². The van der Waals surface area contributed by atoms with Gasteiger partial charge in [-0.2, -0.15) is 0 Å². The molecule has 0 fully saturated rings. The highest BCUT2D eigenvalue weighted by atomic mass is 16.4. The highest BCUT2D eigenvalue weighted by molar-refractivity contribution is 5.66. The molecule has 0 rings (SSSR count). The molecular weight excluding hydrogens is 296 g/mol. The van der Waals surface area contributed by atoms with Crippen LogP contribution >= 0.6 is 0 Å². The van der Waals surface area contributed by atoms with Crippen LogP contribution in [0.2, 0.25) is 0 Å². The van der Waals surface area contributed by atoms with Gasteiger partial charge >= 0.3 is 5.97 Å². The summed E-state index contributed by atoms with van der Waals surface area (Å²) in [6.45, 7) is 0.261. The molecule has 0 aromatic heterocycles. The zero-order chi connectivity index (χ0) is 17.3. The summed E-state index contributed by atoms with van der Waals surface area (Å²) in [5.74, 6) is -0.522. The van der Waals surface area contributed by atoms with Crippen LogP contribution in [0.5, 0.6) is 0 Å². The van der Waals surface area contributed by atoms with Crippen LogP contribution in [-0.4, -0.2) is 33.0 Å². The van der Waals surface area contributed by atoms with E-state index >= 15 is 0 Å². The van der Waals surface area contributed by atoms with Gasteiger partial charge in [-0.3, -0.25) is 4.79 Å². The molecule has 136 valence electrons. The smallest absolute Gasteiger partial charge is 0.303 e. The Balaban J connectivity index is 3.52. The number of rotatable bonds is 16. The number of carboxylic acid groups (broad SMARTS) is 1. The van der Waals surface area contributed by atoms with Gasteiger partial charge in [0.1, 0.15) is 11.5 Å². The molecule has 0 aromatic rings. The van der Waals surface area contributed by atoms with Crippen LogP contribution in [-0.2, 0) is 4.79 Å². The molecule has 0 aliphatic heterocycles. The highest BCUT2D eigenvalue weighted by Crippen LogP contribution is 2.16. The molecular formula is C18H34O5. The van der Waals surface area contributed by atoms with Gasteiger partial charge in [0.05, 0.1) is 0 Å². The van der Waals surface area contributed by atoms with Crippen LogP contribution in [0.4, 0.5) is 0 Å². The summed E-state index contributed by atoms with van der Waals surface area (Å²) in [4.78, 5) is 10.3. The van der Waals surface area contributed by atoms with Gasteiger partial charge in [-0.1, -0.05) is 44.9 Å². The first kappa shape index (κ1) is 21.8. The summed E-state index contributed by atoms with van der Waals surface area (Å²) < 4.78 is 0. The van der Waals surface area contributed by atoms with E-state index in [1.807, 2.05) is 0 Å². The first-order valence-corrected chi connectivity index (χ1v) is 9.00. The summed E-state index contributed by atoms with van der Waals surface area (Å²) in [7, 11) is 0. The molecule has 0 spiro atoms. The molecule has 0 radical (unpaired) electrons. The summed E-state index contributed by atoms with van der Waals surface area (Å²) in [6, 6.07) is 0. The first-order chi connectivity index (χ1) is 11.1. The van der Waals surface area contributed by atoms with Gasteiger partial charge in [-0.15, -0.1) is 0 Å². The number of allylic oxidation sites excluding steroid dienone is 2.